The highest BCUT2D eigenvalue weighted by Crippen LogP contribution is 2.24. The summed E-state index contributed by atoms with van der Waals surface area (Å²) in [5, 5.41) is 0. The first kappa shape index (κ1) is 24.5. The molecule has 1 saturated heterocycles. The first-order chi connectivity index (χ1) is 16.8. The second-order valence-corrected chi connectivity index (χ2v) is 10.3. The van der Waals surface area contributed by atoms with Crippen LogP contribution >= 0.6 is 0 Å². The Hall–Kier alpha value is -3.59. The minimum atomic E-state index is -3.57. The van der Waals surface area contributed by atoms with Crippen LogP contribution in [0.25, 0.3) is 0 Å². The molecule has 3 aromatic carbocycles. The number of piperazine rings is 1. The summed E-state index contributed by atoms with van der Waals surface area (Å²) in [6.45, 7) is 2.77. The lowest BCUT2D eigenvalue weighted by Gasteiger charge is -2.36. The molecule has 1 amide bonds. The van der Waals surface area contributed by atoms with Gasteiger partial charge in [-0.1, -0.05) is 30.3 Å². The monoisotopic (exact) mass is 497 g/mol. The molecule has 0 spiro atoms. The van der Waals surface area contributed by atoms with Crippen molar-refractivity contribution in [2.24, 2.45) is 0 Å². The third-order valence-corrected chi connectivity index (χ3v) is 7.02. The molecule has 4 rings (SSSR count). The van der Waals surface area contributed by atoms with Crippen molar-refractivity contribution in [3.63, 3.8) is 0 Å². The Balaban J connectivity index is 1.32. The number of nitrogens with zero attached hydrogens (tertiary/aromatic N) is 3. The highest BCUT2D eigenvalue weighted by Gasteiger charge is 2.22. The molecule has 0 bridgehead atoms. The summed E-state index contributed by atoms with van der Waals surface area (Å²) in [6, 6.07) is 22.3. The predicted molar refractivity (Wildman–Crippen MR) is 135 cm³/mol. The van der Waals surface area contributed by atoms with Gasteiger partial charge in [0.25, 0.3) is 5.91 Å². The molecule has 3 aromatic rings. The number of anilines is 2. The lowest BCUT2D eigenvalue weighted by Crippen LogP contribution is -2.50. The number of para-hydroxylation sites is 1. The standard InChI is InChI=1S/C26H28FN3O4S/c1-35(32,33)30(19-21-7-9-22(27)10-8-21)24-11-13-25(14-12-24)34-20-26(31)29-17-15-28(16-18-29)23-5-3-2-4-6-23/h2-14H,15-20H2,1H3. The Kier molecular flexibility index (Phi) is 7.55. The van der Waals surface area contributed by atoms with Crippen LogP contribution in [0.15, 0.2) is 78.9 Å². The number of ether oxygens (including phenoxy) is 1. The molecular weight excluding hydrogens is 469 g/mol. The average molecular weight is 498 g/mol. The normalized spacial score (nSPS) is 14.0. The van der Waals surface area contributed by atoms with Crippen LogP contribution in [-0.4, -0.2) is 58.3 Å². The van der Waals surface area contributed by atoms with E-state index in [1.54, 1.807) is 41.3 Å². The number of benzene rings is 3. The molecule has 0 atom stereocenters. The fourth-order valence-electron chi connectivity index (χ4n) is 3.95. The molecule has 1 heterocycles. The lowest BCUT2D eigenvalue weighted by molar-refractivity contribution is -0.133. The van der Waals surface area contributed by atoms with Gasteiger partial charge in [-0.15, -0.1) is 0 Å². The lowest BCUT2D eigenvalue weighted by atomic mass is 10.2. The van der Waals surface area contributed by atoms with E-state index < -0.39 is 10.0 Å². The topological polar surface area (TPSA) is 70.2 Å². The Morgan fingerprint density at radius 3 is 2.14 bits per heavy atom. The van der Waals surface area contributed by atoms with Crippen LogP contribution in [0.3, 0.4) is 0 Å². The van der Waals surface area contributed by atoms with Gasteiger partial charge in [0.05, 0.1) is 18.5 Å². The van der Waals surface area contributed by atoms with Crippen LogP contribution in [0, 0.1) is 5.82 Å². The summed E-state index contributed by atoms with van der Waals surface area (Å²) in [7, 11) is -3.57. The molecule has 35 heavy (non-hydrogen) atoms. The van der Waals surface area contributed by atoms with Gasteiger partial charge in [-0.3, -0.25) is 9.10 Å². The van der Waals surface area contributed by atoms with Crippen LogP contribution in [0.2, 0.25) is 0 Å². The van der Waals surface area contributed by atoms with Gasteiger partial charge in [0.2, 0.25) is 10.0 Å². The van der Waals surface area contributed by atoms with E-state index in [1.807, 2.05) is 18.2 Å². The van der Waals surface area contributed by atoms with Gasteiger partial charge in [0, 0.05) is 31.9 Å². The molecule has 0 saturated carbocycles. The third kappa shape index (κ3) is 6.51. The van der Waals surface area contributed by atoms with Crippen LogP contribution in [0.5, 0.6) is 5.75 Å². The maximum absolute atomic E-state index is 13.2. The van der Waals surface area contributed by atoms with Crippen LogP contribution in [-0.2, 0) is 21.4 Å². The number of hydrogen-bond donors (Lipinski definition) is 0. The summed E-state index contributed by atoms with van der Waals surface area (Å²) in [5.41, 5.74) is 2.26. The van der Waals surface area contributed by atoms with Crippen LogP contribution in [0.4, 0.5) is 15.8 Å². The number of rotatable bonds is 8. The molecule has 0 aliphatic carbocycles. The maximum Gasteiger partial charge on any atom is 0.260 e. The van der Waals surface area contributed by atoms with Gasteiger partial charge < -0.3 is 14.5 Å². The highest BCUT2D eigenvalue weighted by molar-refractivity contribution is 7.92. The summed E-state index contributed by atoms with van der Waals surface area (Å²) in [6.07, 6.45) is 1.12. The van der Waals surface area contributed by atoms with Crippen molar-refractivity contribution in [3.05, 3.63) is 90.2 Å². The van der Waals surface area contributed by atoms with E-state index in [9.17, 15) is 17.6 Å². The number of amides is 1. The number of halogens is 1. The van der Waals surface area contributed by atoms with Gasteiger partial charge >= 0.3 is 0 Å². The van der Waals surface area contributed by atoms with Gasteiger partial charge in [-0.25, -0.2) is 12.8 Å². The second-order valence-electron chi connectivity index (χ2n) is 8.38. The third-order valence-electron chi connectivity index (χ3n) is 5.88. The molecule has 0 N–H and O–H groups in total. The Bertz CT molecular complexity index is 1230. The van der Waals surface area contributed by atoms with Gasteiger partial charge in [-0.05, 0) is 54.1 Å². The summed E-state index contributed by atoms with van der Waals surface area (Å²) in [5.74, 6) is 0.00453. The zero-order valence-corrected chi connectivity index (χ0v) is 20.3. The largest absolute Gasteiger partial charge is 0.484 e. The summed E-state index contributed by atoms with van der Waals surface area (Å²) < 4.78 is 44.8. The molecule has 1 fully saturated rings. The van der Waals surface area contributed by atoms with Gasteiger partial charge in [-0.2, -0.15) is 0 Å². The Labute approximate surface area is 205 Å². The zero-order chi connectivity index (χ0) is 24.8. The fourth-order valence-corrected chi connectivity index (χ4v) is 4.84. The first-order valence-electron chi connectivity index (χ1n) is 11.3. The molecule has 0 aromatic heterocycles. The second kappa shape index (κ2) is 10.8. The van der Waals surface area contributed by atoms with Crippen LogP contribution in [0.1, 0.15) is 5.56 Å². The first-order valence-corrected chi connectivity index (χ1v) is 13.2. The van der Waals surface area contributed by atoms with Crippen LogP contribution < -0.4 is 13.9 Å². The number of hydrogen-bond acceptors (Lipinski definition) is 5. The van der Waals surface area contributed by atoms with Crippen molar-refractivity contribution in [2.75, 3.05) is 48.2 Å². The molecule has 184 valence electrons. The Morgan fingerprint density at radius 2 is 1.54 bits per heavy atom. The van der Waals surface area contributed by atoms with Crippen molar-refractivity contribution in [1.29, 1.82) is 0 Å². The van der Waals surface area contributed by atoms with Crippen molar-refractivity contribution in [1.82, 2.24) is 4.90 Å². The molecule has 0 radical (unpaired) electrons. The molecule has 1 aliphatic rings. The van der Waals surface area contributed by atoms with Gasteiger partial charge in [0.1, 0.15) is 11.6 Å². The fraction of sp³-hybridized carbons (Fsp3) is 0.269. The van der Waals surface area contributed by atoms with E-state index in [4.69, 9.17) is 4.74 Å². The average Bonchev–Trinajstić information content (AvgIpc) is 2.87. The molecule has 7 nitrogen and oxygen atoms in total. The van der Waals surface area contributed by atoms with E-state index >= 15 is 0 Å². The smallest absolute Gasteiger partial charge is 0.260 e. The molecule has 0 unspecified atom stereocenters. The SMILES string of the molecule is CS(=O)(=O)N(Cc1ccc(F)cc1)c1ccc(OCC(=O)N2CCN(c3ccccc3)CC2)cc1. The van der Waals surface area contributed by atoms with E-state index in [-0.39, 0.29) is 24.9 Å². The van der Waals surface area contributed by atoms with Crippen molar-refractivity contribution in [3.8, 4) is 5.75 Å². The van der Waals surface area contributed by atoms with E-state index in [1.165, 1.54) is 16.4 Å². The number of carbonyl (C=O) groups excluding carboxylic acids is 1. The summed E-state index contributed by atoms with van der Waals surface area (Å²) >= 11 is 0. The van der Waals surface area contributed by atoms with Crippen molar-refractivity contribution >= 4 is 27.3 Å². The minimum Gasteiger partial charge on any atom is -0.484 e. The van der Waals surface area contributed by atoms with Gasteiger partial charge in [0.15, 0.2) is 6.61 Å². The number of carbonyl (C=O) groups is 1. The highest BCUT2D eigenvalue weighted by atomic mass is 32.2. The minimum absolute atomic E-state index is 0.0762. The Morgan fingerprint density at radius 1 is 0.914 bits per heavy atom. The van der Waals surface area contributed by atoms with E-state index in [0.29, 0.717) is 30.1 Å². The van der Waals surface area contributed by atoms with Crippen molar-refractivity contribution in [2.45, 2.75) is 6.54 Å². The number of sulfonamides is 1. The van der Waals surface area contributed by atoms with E-state index in [2.05, 4.69) is 17.0 Å². The van der Waals surface area contributed by atoms with E-state index in [0.717, 1.165) is 25.0 Å². The quantitative estimate of drug-likeness (QED) is 0.476. The zero-order valence-electron chi connectivity index (χ0n) is 19.5. The molecule has 9 heteroatoms. The maximum atomic E-state index is 13.2. The summed E-state index contributed by atoms with van der Waals surface area (Å²) in [4.78, 5) is 16.7. The predicted octanol–water partition coefficient (Wildman–Crippen LogP) is 3.52. The molecular formula is C26H28FN3O4S. The van der Waals surface area contributed by atoms with Crippen molar-refractivity contribution < 1.29 is 22.3 Å². The molecule has 1 aliphatic heterocycles.